The Hall–Kier alpha value is -3.91. The predicted molar refractivity (Wildman–Crippen MR) is 127 cm³/mol. The zero-order chi connectivity index (χ0) is 23.4. The third-order valence-electron chi connectivity index (χ3n) is 5.00. The number of aromatic nitrogens is 3. The van der Waals surface area contributed by atoms with Crippen molar-refractivity contribution < 1.29 is 9.53 Å². The van der Waals surface area contributed by atoms with Crippen molar-refractivity contribution in [2.75, 3.05) is 11.9 Å². The Labute approximate surface area is 194 Å². The van der Waals surface area contributed by atoms with Crippen LogP contribution in [0.1, 0.15) is 12.5 Å². The highest BCUT2D eigenvalue weighted by Gasteiger charge is 2.17. The molecule has 0 atom stereocenters. The second-order valence-corrected chi connectivity index (χ2v) is 7.67. The van der Waals surface area contributed by atoms with Crippen LogP contribution in [0.3, 0.4) is 0 Å². The lowest BCUT2D eigenvalue weighted by Gasteiger charge is -2.15. The van der Waals surface area contributed by atoms with E-state index in [-0.39, 0.29) is 24.1 Å². The number of amides is 1. The fourth-order valence-electron chi connectivity index (χ4n) is 3.49. The lowest BCUT2D eigenvalue weighted by molar-refractivity contribution is -0.116. The zero-order valence-corrected chi connectivity index (χ0v) is 18.6. The van der Waals surface area contributed by atoms with Gasteiger partial charge in [-0.25, -0.2) is 9.78 Å². The fourth-order valence-corrected chi connectivity index (χ4v) is 3.62. The summed E-state index contributed by atoms with van der Waals surface area (Å²) in [6.45, 7) is 2.01. The Morgan fingerprint density at radius 1 is 1.03 bits per heavy atom. The minimum Gasteiger partial charge on any atom is -0.492 e. The molecule has 4 aromatic rings. The summed E-state index contributed by atoms with van der Waals surface area (Å²) in [5, 5.41) is 3.33. The Bertz CT molecular complexity index is 1430. The van der Waals surface area contributed by atoms with E-state index in [1.54, 1.807) is 60.7 Å². The maximum Gasteiger partial charge on any atom is 0.332 e. The quantitative estimate of drug-likeness (QED) is 0.453. The fraction of sp³-hybridized carbons (Fsp3) is 0.167. The van der Waals surface area contributed by atoms with E-state index in [9.17, 15) is 14.4 Å². The van der Waals surface area contributed by atoms with Gasteiger partial charge in [-0.05, 0) is 48.9 Å². The average Bonchev–Trinajstić information content (AvgIpc) is 2.82. The van der Waals surface area contributed by atoms with Crippen molar-refractivity contribution in [1.29, 1.82) is 0 Å². The molecule has 0 aliphatic rings. The topological polar surface area (TPSA) is 95.2 Å². The average molecular weight is 465 g/mol. The summed E-state index contributed by atoms with van der Waals surface area (Å²) in [5.74, 6) is 0.0889. The monoisotopic (exact) mass is 464 g/mol. The number of fused-ring (bicyclic) bond motifs is 1. The zero-order valence-electron chi connectivity index (χ0n) is 17.8. The molecule has 2 aromatic heterocycles. The van der Waals surface area contributed by atoms with Crippen LogP contribution in [-0.2, 0) is 17.9 Å². The van der Waals surface area contributed by atoms with Crippen LogP contribution in [0.2, 0.25) is 5.02 Å². The number of para-hydroxylation sites is 2. The number of carbonyl (C=O) groups excluding carboxylic acids is 1. The van der Waals surface area contributed by atoms with Gasteiger partial charge >= 0.3 is 5.69 Å². The number of nitrogens with one attached hydrogen (secondary N) is 1. The number of ether oxygens (including phenoxy) is 1. The van der Waals surface area contributed by atoms with Gasteiger partial charge in [0.15, 0.2) is 5.52 Å². The van der Waals surface area contributed by atoms with E-state index in [2.05, 4.69) is 10.3 Å². The summed E-state index contributed by atoms with van der Waals surface area (Å²) in [7, 11) is 0. The Morgan fingerprint density at radius 3 is 2.55 bits per heavy atom. The first-order chi connectivity index (χ1) is 16.0. The van der Waals surface area contributed by atoms with Crippen molar-refractivity contribution in [2.45, 2.75) is 20.0 Å². The first kappa shape index (κ1) is 22.3. The minimum atomic E-state index is -0.608. The SMILES string of the molecule is CCOc1ccccc1NC(=O)Cn1c(=O)n(Cc2ccc(Cl)cc2)c(=O)c2ncccc21. The van der Waals surface area contributed by atoms with Gasteiger partial charge in [-0.15, -0.1) is 0 Å². The second kappa shape index (κ2) is 9.70. The molecule has 1 amide bonds. The number of benzene rings is 2. The van der Waals surface area contributed by atoms with E-state index in [4.69, 9.17) is 16.3 Å². The van der Waals surface area contributed by atoms with Crippen LogP contribution in [-0.4, -0.2) is 26.6 Å². The van der Waals surface area contributed by atoms with Gasteiger partial charge in [0.25, 0.3) is 5.56 Å². The number of halogens is 1. The molecule has 0 radical (unpaired) electrons. The number of nitrogens with zero attached hydrogens (tertiary/aromatic N) is 3. The summed E-state index contributed by atoms with van der Waals surface area (Å²) >= 11 is 5.94. The third-order valence-corrected chi connectivity index (χ3v) is 5.26. The van der Waals surface area contributed by atoms with Crippen LogP contribution >= 0.6 is 11.6 Å². The van der Waals surface area contributed by atoms with E-state index in [1.165, 1.54) is 10.8 Å². The molecule has 4 rings (SSSR count). The lowest BCUT2D eigenvalue weighted by atomic mass is 10.2. The number of carbonyl (C=O) groups is 1. The van der Waals surface area contributed by atoms with Crippen LogP contribution in [0.4, 0.5) is 5.69 Å². The van der Waals surface area contributed by atoms with Crippen LogP contribution in [0, 0.1) is 0 Å². The molecular weight excluding hydrogens is 444 g/mol. The largest absolute Gasteiger partial charge is 0.492 e. The highest BCUT2D eigenvalue weighted by molar-refractivity contribution is 6.30. The molecule has 2 aromatic carbocycles. The van der Waals surface area contributed by atoms with Crippen LogP contribution < -0.4 is 21.3 Å². The molecular formula is C24H21ClN4O4. The van der Waals surface area contributed by atoms with Gasteiger partial charge < -0.3 is 10.1 Å². The van der Waals surface area contributed by atoms with Gasteiger partial charge in [0.2, 0.25) is 5.91 Å². The molecule has 0 unspecified atom stereocenters. The van der Waals surface area contributed by atoms with Crippen LogP contribution in [0.5, 0.6) is 5.75 Å². The first-order valence-electron chi connectivity index (χ1n) is 10.3. The summed E-state index contributed by atoms with van der Waals surface area (Å²) in [6.07, 6.45) is 1.48. The summed E-state index contributed by atoms with van der Waals surface area (Å²) < 4.78 is 7.86. The smallest absolute Gasteiger partial charge is 0.332 e. The molecule has 0 saturated carbocycles. The van der Waals surface area contributed by atoms with E-state index < -0.39 is 17.2 Å². The maximum absolute atomic E-state index is 13.3. The number of anilines is 1. The summed E-state index contributed by atoms with van der Waals surface area (Å²) in [5.41, 5.74) is 0.471. The molecule has 9 heteroatoms. The van der Waals surface area contributed by atoms with Crippen molar-refractivity contribution >= 4 is 34.2 Å². The van der Waals surface area contributed by atoms with E-state index in [1.807, 2.05) is 6.92 Å². The molecule has 33 heavy (non-hydrogen) atoms. The van der Waals surface area contributed by atoms with Gasteiger partial charge in [-0.2, -0.15) is 0 Å². The van der Waals surface area contributed by atoms with Crippen LogP contribution in [0.25, 0.3) is 11.0 Å². The van der Waals surface area contributed by atoms with E-state index >= 15 is 0 Å². The van der Waals surface area contributed by atoms with Gasteiger partial charge in [0.1, 0.15) is 12.3 Å². The molecule has 2 heterocycles. The number of rotatable bonds is 7. The predicted octanol–water partition coefficient (Wildman–Crippen LogP) is 3.30. The van der Waals surface area contributed by atoms with Gasteiger partial charge in [-0.3, -0.25) is 18.7 Å². The van der Waals surface area contributed by atoms with Gasteiger partial charge in [0, 0.05) is 11.2 Å². The number of hydrogen-bond acceptors (Lipinski definition) is 5. The molecule has 0 bridgehead atoms. The number of pyridine rings is 1. The van der Waals surface area contributed by atoms with Crippen molar-refractivity contribution in [2.24, 2.45) is 0 Å². The molecule has 1 N–H and O–H groups in total. The first-order valence-corrected chi connectivity index (χ1v) is 10.7. The molecule has 0 saturated heterocycles. The Morgan fingerprint density at radius 2 is 1.79 bits per heavy atom. The molecule has 0 aliphatic carbocycles. The van der Waals surface area contributed by atoms with Crippen molar-refractivity contribution in [3.63, 3.8) is 0 Å². The Balaban J connectivity index is 1.72. The van der Waals surface area contributed by atoms with Crippen molar-refractivity contribution in [3.05, 3.63) is 98.3 Å². The molecule has 168 valence electrons. The minimum absolute atomic E-state index is 0.0240. The summed E-state index contributed by atoms with van der Waals surface area (Å²) in [4.78, 5) is 43.4. The van der Waals surface area contributed by atoms with Gasteiger partial charge in [0.05, 0.1) is 24.4 Å². The standard InChI is InChI=1S/C24H21ClN4O4/c1-2-33-20-8-4-3-6-18(20)27-21(30)15-28-19-7-5-13-26-22(19)23(31)29(24(28)32)14-16-9-11-17(25)12-10-16/h3-13H,2,14-15H2,1H3,(H,27,30). The second-order valence-electron chi connectivity index (χ2n) is 7.23. The third kappa shape index (κ3) is 4.80. The Kier molecular flexibility index (Phi) is 6.55. The lowest BCUT2D eigenvalue weighted by Crippen LogP contribution is -2.42. The summed E-state index contributed by atoms with van der Waals surface area (Å²) in [6, 6.07) is 17.1. The van der Waals surface area contributed by atoms with Crippen molar-refractivity contribution in [3.8, 4) is 5.75 Å². The van der Waals surface area contributed by atoms with Gasteiger partial charge in [-0.1, -0.05) is 35.9 Å². The van der Waals surface area contributed by atoms with E-state index in [0.29, 0.717) is 23.1 Å². The highest BCUT2D eigenvalue weighted by atomic mass is 35.5. The normalized spacial score (nSPS) is 10.8. The van der Waals surface area contributed by atoms with Crippen molar-refractivity contribution in [1.82, 2.24) is 14.1 Å². The van der Waals surface area contributed by atoms with E-state index in [0.717, 1.165) is 10.1 Å². The maximum atomic E-state index is 13.3. The molecule has 8 nitrogen and oxygen atoms in total. The molecule has 0 aliphatic heterocycles. The van der Waals surface area contributed by atoms with Crippen LogP contribution in [0.15, 0.2) is 76.4 Å². The highest BCUT2D eigenvalue weighted by Crippen LogP contribution is 2.23. The molecule has 0 fully saturated rings. The molecule has 0 spiro atoms. The number of hydrogen-bond donors (Lipinski definition) is 1.